The van der Waals surface area contributed by atoms with Crippen LogP contribution >= 0.6 is 0 Å². The molecule has 6 heteroatoms. The van der Waals surface area contributed by atoms with Gasteiger partial charge in [0, 0.05) is 19.0 Å². The molecular formula is C19H31NO4S. The summed E-state index contributed by atoms with van der Waals surface area (Å²) in [6.07, 6.45) is 4.47. The second-order valence-corrected chi connectivity index (χ2v) is 8.17. The molecule has 0 aliphatic heterocycles. The average Bonchev–Trinajstić information content (AvgIpc) is 2.59. The van der Waals surface area contributed by atoms with Crippen LogP contribution in [0, 0.1) is 0 Å². The van der Waals surface area contributed by atoms with E-state index in [1.54, 1.807) is 25.1 Å². The monoisotopic (exact) mass is 369 g/mol. The molecule has 5 nitrogen and oxygen atoms in total. The van der Waals surface area contributed by atoms with Crippen LogP contribution in [0.25, 0.3) is 0 Å². The molecule has 0 heterocycles. The summed E-state index contributed by atoms with van der Waals surface area (Å²) in [5.74, 6) is 0.365. The summed E-state index contributed by atoms with van der Waals surface area (Å²) in [5, 5.41) is 0. The van der Waals surface area contributed by atoms with E-state index in [2.05, 4.69) is 13.8 Å². The Bertz CT molecular complexity index is 643. The Hall–Kier alpha value is -1.56. The Morgan fingerprint density at radius 1 is 1.20 bits per heavy atom. The lowest BCUT2D eigenvalue weighted by Gasteiger charge is -2.29. The van der Waals surface area contributed by atoms with Gasteiger partial charge in [-0.2, -0.15) is 8.42 Å². The molecule has 1 unspecified atom stereocenters. The van der Waals surface area contributed by atoms with E-state index in [1.165, 1.54) is 0 Å². The predicted octanol–water partition coefficient (Wildman–Crippen LogP) is 4.12. The zero-order valence-electron chi connectivity index (χ0n) is 15.8. The van der Waals surface area contributed by atoms with Crippen molar-refractivity contribution < 1.29 is 17.4 Å². The molecule has 0 saturated heterocycles. The molecule has 142 valence electrons. The molecule has 0 aliphatic rings. The third-order valence-electron chi connectivity index (χ3n) is 4.27. The van der Waals surface area contributed by atoms with Gasteiger partial charge in [0.05, 0.1) is 5.75 Å². The summed E-state index contributed by atoms with van der Waals surface area (Å²) in [7, 11) is -3.55. The fraction of sp³-hybridized carbons (Fsp3) is 0.632. The van der Waals surface area contributed by atoms with Gasteiger partial charge >= 0.3 is 10.1 Å². The van der Waals surface area contributed by atoms with Crippen molar-refractivity contribution in [1.82, 2.24) is 4.90 Å². The molecule has 1 amide bonds. The highest BCUT2D eigenvalue weighted by Gasteiger charge is 2.19. The number of hydrogen-bond donors (Lipinski definition) is 0. The number of carbonyl (C=O) groups excluding carboxylic acids is 1. The van der Waals surface area contributed by atoms with Crippen LogP contribution in [0.3, 0.4) is 0 Å². The zero-order valence-corrected chi connectivity index (χ0v) is 16.6. The summed E-state index contributed by atoms with van der Waals surface area (Å²) in [6.45, 7) is 8.22. The lowest BCUT2D eigenvalue weighted by molar-refractivity contribution is -0.134. The molecular weight excluding hydrogens is 338 g/mol. The number of amides is 1. The van der Waals surface area contributed by atoms with E-state index in [0.29, 0.717) is 18.7 Å². The fourth-order valence-corrected chi connectivity index (χ4v) is 2.99. The van der Waals surface area contributed by atoms with Crippen LogP contribution in [-0.4, -0.2) is 31.0 Å². The highest BCUT2D eigenvalue weighted by Crippen LogP contribution is 2.19. The van der Waals surface area contributed by atoms with Crippen molar-refractivity contribution in [2.24, 2.45) is 0 Å². The standard InChI is InChI=1S/C19H31NO4S/c1-5-8-9-13-19(21)20(16(4)6-2)15-17-11-10-12-18(14-17)24-25(22,23)7-3/h10-12,14,16H,5-9,13,15H2,1-4H3. The van der Waals surface area contributed by atoms with E-state index in [4.69, 9.17) is 4.18 Å². The first-order valence-corrected chi connectivity index (χ1v) is 10.7. The molecule has 0 bridgehead atoms. The number of rotatable bonds is 11. The Balaban J connectivity index is 2.88. The topological polar surface area (TPSA) is 63.7 Å². The van der Waals surface area contributed by atoms with Crippen molar-refractivity contribution in [2.45, 2.75) is 72.4 Å². The molecule has 0 saturated carbocycles. The van der Waals surface area contributed by atoms with Crippen LogP contribution in [0.4, 0.5) is 0 Å². The SMILES string of the molecule is CCCCCC(=O)N(Cc1cccc(OS(=O)(=O)CC)c1)C(C)CC. The average molecular weight is 370 g/mol. The minimum Gasteiger partial charge on any atom is -0.382 e. The van der Waals surface area contributed by atoms with Gasteiger partial charge in [-0.05, 0) is 44.4 Å². The van der Waals surface area contributed by atoms with Crippen molar-refractivity contribution in [2.75, 3.05) is 5.75 Å². The third-order valence-corrected chi connectivity index (χ3v) is 5.42. The molecule has 0 fully saturated rings. The molecule has 1 aromatic carbocycles. The maximum atomic E-state index is 12.6. The van der Waals surface area contributed by atoms with Crippen molar-refractivity contribution >= 4 is 16.0 Å². The second-order valence-electron chi connectivity index (χ2n) is 6.31. The Labute approximate surface area is 152 Å². The first kappa shape index (κ1) is 21.5. The molecule has 1 rings (SSSR count). The molecule has 0 N–H and O–H groups in total. The van der Waals surface area contributed by atoms with Crippen LogP contribution in [-0.2, 0) is 21.5 Å². The van der Waals surface area contributed by atoms with Crippen LogP contribution in [0.2, 0.25) is 0 Å². The summed E-state index contributed by atoms with van der Waals surface area (Å²) in [5.41, 5.74) is 0.868. The van der Waals surface area contributed by atoms with Gasteiger partial charge in [0.1, 0.15) is 5.75 Å². The van der Waals surface area contributed by atoms with E-state index >= 15 is 0 Å². The molecule has 1 aromatic rings. The molecule has 1 atom stereocenters. The molecule has 0 aliphatic carbocycles. The Morgan fingerprint density at radius 2 is 1.92 bits per heavy atom. The molecule has 0 spiro atoms. The number of nitrogens with zero attached hydrogens (tertiary/aromatic N) is 1. The molecule has 0 aromatic heterocycles. The van der Waals surface area contributed by atoms with Gasteiger partial charge in [0.15, 0.2) is 0 Å². The van der Waals surface area contributed by atoms with Crippen molar-refractivity contribution in [3.8, 4) is 5.75 Å². The zero-order chi connectivity index (χ0) is 18.9. The van der Waals surface area contributed by atoms with Gasteiger partial charge < -0.3 is 9.08 Å². The van der Waals surface area contributed by atoms with Crippen molar-refractivity contribution in [1.29, 1.82) is 0 Å². The lowest BCUT2D eigenvalue weighted by atomic mass is 10.1. The quantitative estimate of drug-likeness (QED) is 0.435. The van der Waals surface area contributed by atoms with Crippen LogP contribution in [0.15, 0.2) is 24.3 Å². The normalized spacial score (nSPS) is 12.6. The Morgan fingerprint density at radius 3 is 2.52 bits per heavy atom. The maximum Gasteiger partial charge on any atom is 0.308 e. The smallest absolute Gasteiger partial charge is 0.308 e. The van der Waals surface area contributed by atoms with E-state index < -0.39 is 10.1 Å². The summed E-state index contributed by atoms with van der Waals surface area (Å²) in [6, 6.07) is 7.10. The first-order valence-electron chi connectivity index (χ1n) is 9.13. The molecule has 25 heavy (non-hydrogen) atoms. The van der Waals surface area contributed by atoms with Crippen LogP contribution in [0.1, 0.15) is 65.4 Å². The largest absolute Gasteiger partial charge is 0.382 e. The Kier molecular flexibility index (Phi) is 8.97. The van der Waals surface area contributed by atoms with Gasteiger partial charge in [-0.1, -0.05) is 38.8 Å². The summed E-state index contributed by atoms with van der Waals surface area (Å²) < 4.78 is 28.3. The number of unbranched alkanes of at least 4 members (excludes halogenated alkanes) is 2. The van der Waals surface area contributed by atoms with Gasteiger partial charge in [0.25, 0.3) is 0 Å². The first-order chi connectivity index (χ1) is 11.8. The summed E-state index contributed by atoms with van der Waals surface area (Å²) in [4.78, 5) is 14.5. The van der Waals surface area contributed by atoms with E-state index in [1.807, 2.05) is 17.9 Å². The minimum atomic E-state index is -3.55. The number of carbonyl (C=O) groups is 1. The van der Waals surface area contributed by atoms with E-state index in [9.17, 15) is 13.2 Å². The van der Waals surface area contributed by atoms with Crippen molar-refractivity contribution in [3.63, 3.8) is 0 Å². The van der Waals surface area contributed by atoms with E-state index in [0.717, 1.165) is 31.2 Å². The third kappa shape index (κ3) is 7.46. The second kappa shape index (κ2) is 10.4. The van der Waals surface area contributed by atoms with Gasteiger partial charge in [0.2, 0.25) is 5.91 Å². The highest BCUT2D eigenvalue weighted by atomic mass is 32.2. The highest BCUT2D eigenvalue weighted by molar-refractivity contribution is 7.87. The van der Waals surface area contributed by atoms with Crippen molar-refractivity contribution in [3.05, 3.63) is 29.8 Å². The molecule has 0 radical (unpaired) electrons. The van der Waals surface area contributed by atoms with Gasteiger partial charge in [-0.3, -0.25) is 4.79 Å². The van der Waals surface area contributed by atoms with Gasteiger partial charge in [-0.25, -0.2) is 0 Å². The minimum absolute atomic E-state index is 0.0772. The number of hydrogen-bond acceptors (Lipinski definition) is 4. The van der Waals surface area contributed by atoms with Crippen LogP contribution < -0.4 is 4.18 Å². The predicted molar refractivity (Wildman–Crippen MR) is 101 cm³/mol. The maximum absolute atomic E-state index is 12.6. The fourth-order valence-electron chi connectivity index (χ4n) is 2.48. The lowest BCUT2D eigenvalue weighted by Crippen LogP contribution is -2.37. The van der Waals surface area contributed by atoms with Gasteiger partial charge in [-0.15, -0.1) is 0 Å². The summed E-state index contributed by atoms with van der Waals surface area (Å²) >= 11 is 0. The van der Waals surface area contributed by atoms with Crippen LogP contribution in [0.5, 0.6) is 5.75 Å². The number of benzene rings is 1. The van der Waals surface area contributed by atoms with E-state index in [-0.39, 0.29) is 17.7 Å².